The predicted octanol–water partition coefficient (Wildman–Crippen LogP) is 3.43. The van der Waals surface area contributed by atoms with Gasteiger partial charge in [-0.3, -0.25) is 4.79 Å². The Hall–Kier alpha value is -1.75. The minimum Gasteiger partial charge on any atom is -0.493 e. The van der Waals surface area contributed by atoms with Crippen molar-refractivity contribution in [1.29, 1.82) is 0 Å². The molecule has 1 unspecified atom stereocenters. The Kier molecular flexibility index (Phi) is 6.33. The number of amides is 1. The number of esters is 1. The smallest absolute Gasteiger partial charge is 0.397 e. The molecule has 6 heteroatoms. The maximum absolute atomic E-state index is 12.0. The molecule has 1 aromatic carbocycles. The molecule has 0 aliphatic carbocycles. The van der Waals surface area contributed by atoms with Crippen molar-refractivity contribution in [3.63, 3.8) is 0 Å². The summed E-state index contributed by atoms with van der Waals surface area (Å²) < 4.78 is 10.8. The number of likely N-dealkylation sites (tertiary alicyclic amines) is 1. The average Bonchev–Trinajstić information content (AvgIpc) is 3.01. The number of rotatable bonds is 4. The fraction of sp³-hybridized carbons (Fsp3) is 0.579. The third-order valence-electron chi connectivity index (χ3n) is 4.25. The van der Waals surface area contributed by atoms with E-state index in [9.17, 15) is 9.59 Å². The van der Waals surface area contributed by atoms with Crippen LogP contribution < -0.4 is 4.74 Å². The van der Waals surface area contributed by atoms with Gasteiger partial charge >= 0.3 is 11.9 Å². The average molecular weight is 368 g/mol. The summed E-state index contributed by atoms with van der Waals surface area (Å²) >= 11 is 6.12. The van der Waals surface area contributed by atoms with Crippen LogP contribution in [0.1, 0.15) is 39.7 Å². The van der Waals surface area contributed by atoms with E-state index < -0.39 is 11.9 Å². The van der Waals surface area contributed by atoms with Crippen molar-refractivity contribution in [1.82, 2.24) is 4.90 Å². The van der Waals surface area contributed by atoms with E-state index >= 15 is 0 Å². The second-order valence-electron chi connectivity index (χ2n) is 7.33. The van der Waals surface area contributed by atoms with Crippen molar-refractivity contribution in [3.05, 3.63) is 28.8 Å². The van der Waals surface area contributed by atoms with E-state index in [2.05, 4.69) is 20.8 Å². The van der Waals surface area contributed by atoms with Gasteiger partial charge in [-0.05, 0) is 37.0 Å². The lowest BCUT2D eigenvalue weighted by Crippen LogP contribution is -2.36. The minimum absolute atomic E-state index is 0.0815. The van der Waals surface area contributed by atoms with Gasteiger partial charge in [0.15, 0.2) is 0 Å². The lowest BCUT2D eigenvalue weighted by Gasteiger charge is -2.24. The summed E-state index contributed by atoms with van der Waals surface area (Å²) in [6.07, 6.45) is 0.809. The first-order chi connectivity index (χ1) is 11.7. The summed E-state index contributed by atoms with van der Waals surface area (Å²) in [6, 6.07) is 5.64. The Labute approximate surface area is 154 Å². The fourth-order valence-electron chi connectivity index (χ4n) is 2.90. The summed E-state index contributed by atoms with van der Waals surface area (Å²) in [4.78, 5) is 25.1. The first-order valence-electron chi connectivity index (χ1n) is 8.61. The number of carbonyl (C=O) groups excluding carboxylic acids is 2. The minimum atomic E-state index is -0.781. The molecule has 1 atom stereocenters. The Morgan fingerprint density at radius 2 is 2.04 bits per heavy atom. The van der Waals surface area contributed by atoms with Crippen molar-refractivity contribution >= 4 is 23.5 Å². The van der Waals surface area contributed by atoms with Gasteiger partial charge in [0.05, 0.1) is 13.2 Å². The van der Waals surface area contributed by atoms with Gasteiger partial charge in [-0.25, -0.2) is 4.79 Å². The highest BCUT2D eigenvalue weighted by Crippen LogP contribution is 2.34. The largest absolute Gasteiger partial charge is 0.493 e. The van der Waals surface area contributed by atoms with E-state index in [-0.39, 0.29) is 17.9 Å². The number of hydrogen-bond acceptors (Lipinski definition) is 4. The zero-order valence-electron chi connectivity index (χ0n) is 15.3. The van der Waals surface area contributed by atoms with E-state index in [4.69, 9.17) is 21.1 Å². The fourth-order valence-corrected chi connectivity index (χ4v) is 3.07. The van der Waals surface area contributed by atoms with Crippen LogP contribution in [0.15, 0.2) is 18.2 Å². The Morgan fingerprint density at radius 1 is 1.32 bits per heavy atom. The molecule has 0 saturated carbocycles. The second kappa shape index (κ2) is 8.09. The van der Waals surface area contributed by atoms with Gasteiger partial charge in [-0.1, -0.05) is 32.4 Å². The van der Waals surface area contributed by atoms with E-state index in [1.165, 1.54) is 0 Å². The predicted molar refractivity (Wildman–Crippen MR) is 97.0 cm³/mol. The molecule has 138 valence electrons. The molecule has 1 saturated heterocycles. The lowest BCUT2D eigenvalue weighted by molar-refractivity contribution is -0.159. The van der Waals surface area contributed by atoms with Crippen LogP contribution in [0.5, 0.6) is 5.75 Å². The van der Waals surface area contributed by atoms with Crippen molar-refractivity contribution in [2.45, 2.75) is 39.5 Å². The molecule has 0 N–H and O–H groups in total. The number of ether oxygens (including phenoxy) is 2. The van der Waals surface area contributed by atoms with Crippen LogP contribution in [0.3, 0.4) is 0 Å². The first kappa shape index (κ1) is 19.6. The molecule has 5 nitrogen and oxygen atoms in total. The monoisotopic (exact) mass is 367 g/mol. The summed E-state index contributed by atoms with van der Waals surface area (Å²) in [5, 5.41) is 0.685. The number of carbonyl (C=O) groups is 2. The van der Waals surface area contributed by atoms with Gasteiger partial charge in [-0.15, -0.1) is 0 Å². The Bertz CT molecular complexity index is 639. The van der Waals surface area contributed by atoms with E-state index in [1.54, 1.807) is 11.8 Å². The third-order valence-corrected chi connectivity index (χ3v) is 4.48. The van der Waals surface area contributed by atoms with Crippen LogP contribution >= 0.6 is 11.6 Å². The Morgan fingerprint density at radius 3 is 2.68 bits per heavy atom. The van der Waals surface area contributed by atoms with Gasteiger partial charge < -0.3 is 14.4 Å². The third kappa shape index (κ3) is 5.11. The number of nitrogens with zero attached hydrogens (tertiary/aromatic N) is 1. The van der Waals surface area contributed by atoms with Gasteiger partial charge in [0.25, 0.3) is 0 Å². The SMILES string of the molecule is CCOC(=O)C(=O)N1CCC(COc2ccc(Cl)cc2C(C)(C)C)C1. The highest BCUT2D eigenvalue weighted by molar-refractivity contribution is 6.32. The Balaban J connectivity index is 1.95. The van der Waals surface area contributed by atoms with Gasteiger partial charge in [0.1, 0.15) is 5.75 Å². The normalized spacial score (nSPS) is 17.5. The highest BCUT2D eigenvalue weighted by Gasteiger charge is 2.31. The summed E-state index contributed by atoms with van der Waals surface area (Å²) in [5.41, 5.74) is 0.972. The molecule has 2 rings (SSSR count). The molecular formula is C19H26ClNO4. The molecule has 0 aromatic heterocycles. The summed E-state index contributed by atoms with van der Waals surface area (Å²) in [7, 11) is 0. The quantitative estimate of drug-likeness (QED) is 0.604. The zero-order chi connectivity index (χ0) is 18.6. The summed E-state index contributed by atoms with van der Waals surface area (Å²) in [6.45, 7) is 9.79. The number of hydrogen-bond donors (Lipinski definition) is 0. The molecule has 25 heavy (non-hydrogen) atoms. The molecule has 1 aromatic rings. The topological polar surface area (TPSA) is 55.8 Å². The molecule has 1 heterocycles. The standard InChI is InChI=1S/C19H26ClNO4/c1-5-24-18(23)17(22)21-9-8-13(11-21)12-25-16-7-6-14(20)10-15(16)19(2,3)4/h6-7,10,13H,5,8-9,11-12H2,1-4H3. The molecule has 0 bridgehead atoms. The van der Waals surface area contributed by atoms with Gasteiger partial charge in [0, 0.05) is 29.6 Å². The first-order valence-corrected chi connectivity index (χ1v) is 8.99. The van der Waals surface area contributed by atoms with Crippen molar-refractivity contribution in [3.8, 4) is 5.75 Å². The maximum Gasteiger partial charge on any atom is 0.397 e. The van der Waals surface area contributed by atoms with Crippen LogP contribution in [0.25, 0.3) is 0 Å². The molecule has 0 spiro atoms. The van der Waals surface area contributed by atoms with Crippen LogP contribution in [0.4, 0.5) is 0 Å². The van der Waals surface area contributed by atoms with Crippen LogP contribution in [0, 0.1) is 5.92 Å². The second-order valence-corrected chi connectivity index (χ2v) is 7.76. The summed E-state index contributed by atoms with van der Waals surface area (Å²) in [5.74, 6) is -0.336. The van der Waals surface area contributed by atoms with Crippen LogP contribution in [-0.4, -0.2) is 43.1 Å². The van der Waals surface area contributed by atoms with Crippen molar-refractivity contribution in [2.24, 2.45) is 5.92 Å². The molecule has 0 radical (unpaired) electrons. The van der Waals surface area contributed by atoms with Crippen LogP contribution in [0.2, 0.25) is 5.02 Å². The highest BCUT2D eigenvalue weighted by atomic mass is 35.5. The van der Waals surface area contributed by atoms with E-state index in [1.807, 2.05) is 18.2 Å². The molecule has 1 aliphatic rings. The molecular weight excluding hydrogens is 342 g/mol. The zero-order valence-corrected chi connectivity index (χ0v) is 16.1. The molecule has 1 fully saturated rings. The molecule has 1 amide bonds. The number of halogens is 1. The van der Waals surface area contributed by atoms with E-state index in [0.29, 0.717) is 24.7 Å². The van der Waals surface area contributed by atoms with E-state index in [0.717, 1.165) is 17.7 Å². The van der Waals surface area contributed by atoms with Crippen LogP contribution in [-0.2, 0) is 19.7 Å². The van der Waals surface area contributed by atoms with Gasteiger partial charge in [-0.2, -0.15) is 0 Å². The number of benzene rings is 1. The van der Waals surface area contributed by atoms with Gasteiger partial charge in [0.2, 0.25) is 0 Å². The maximum atomic E-state index is 12.0. The van der Waals surface area contributed by atoms with Crippen molar-refractivity contribution < 1.29 is 19.1 Å². The van der Waals surface area contributed by atoms with Crippen molar-refractivity contribution in [2.75, 3.05) is 26.3 Å². The lowest BCUT2D eigenvalue weighted by atomic mass is 9.86. The molecule has 1 aliphatic heterocycles.